The minimum absolute atomic E-state index is 0.358. The maximum absolute atomic E-state index is 11.8. The fraction of sp³-hybridized carbons (Fsp3) is 0.250. The summed E-state index contributed by atoms with van der Waals surface area (Å²) in [5.74, 6) is -0.343. The van der Waals surface area contributed by atoms with Gasteiger partial charge in [0.1, 0.15) is 16.9 Å². The molecule has 0 spiro atoms. The van der Waals surface area contributed by atoms with Crippen LogP contribution in [0, 0.1) is 0 Å². The van der Waals surface area contributed by atoms with E-state index < -0.39 is 11.6 Å². The minimum Gasteiger partial charge on any atom is -0.477 e. The Bertz CT molecular complexity index is 995. The third-order valence-corrected chi connectivity index (χ3v) is 4.71. The summed E-state index contributed by atoms with van der Waals surface area (Å²) >= 11 is 3.37. The highest BCUT2D eigenvalue weighted by molar-refractivity contribution is 9.10. The number of rotatable bonds is 1. The fourth-order valence-corrected chi connectivity index (χ4v) is 3.65. The molecule has 0 atom stereocenters. The van der Waals surface area contributed by atoms with E-state index in [1.807, 2.05) is 0 Å². The molecule has 22 heavy (non-hydrogen) atoms. The Morgan fingerprint density at radius 1 is 1.18 bits per heavy atom. The Hall–Kier alpha value is -2.08. The lowest BCUT2D eigenvalue weighted by molar-refractivity contribution is 0.0692. The number of fused-ring (bicyclic) bond motifs is 5. The molecule has 2 heterocycles. The average molecular weight is 363 g/mol. The highest BCUT2D eigenvalue weighted by atomic mass is 79.9. The van der Waals surface area contributed by atoms with Crippen LogP contribution in [0.25, 0.3) is 21.9 Å². The molecule has 0 radical (unpaired) electrons. The van der Waals surface area contributed by atoms with Crippen LogP contribution in [-0.2, 0) is 12.8 Å². The number of carboxylic acids is 1. The zero-order valence-corrected chi connectivity index (χ0v) is 13.0. The molecule has 1 aliphatic carbocycles. The van der Waals surface area contributed by atoms with Gasteiger partial charge in [-0.05, 0) is 47.3 Å². The van der Waals surface area contributed by atoms with Crippen LogP contribution < -0.4 is 5.63 Å². The summed E-state index contributed by atoms with van der Waals surface area (Å²) in [6.07, 6.45) is 3.93. The average Bonchev–Trinajstić information content (AvgIpc) is 2.85. The van der Waals surface area contributed by atoms with Crippen LogP contribution in [0.5, 0.6) is 0 Å². The number of halogens is 1. The second kappa shape index (κ2) is 4.71. The van der Waals surface area contributed by atoms with Gasteiger partial charge in [-0.3, -0.25) is 0 Å². The van der Waals surface area contributed by atoms with Gasteiger partial charge in [0.25, 0.3) is 0 Å². The van der Waals surface area contributed by atoms with Crippen molar-refractivity contribution in [2.75, 3.05) is 0 Å². The Morgan fingerprint density at radius 3 is 2.73 bits per heavy atom. The molecule has 0 saturated carbocycles. The smallest absolute Gasteiger partial charge is 0.351 e. The van der Waals surface area contributed by atoms with Gasteiger partial charge in [0, 0.05) is 22.8 Å². The molecule has 0 amide bonds. The van der Waals surface area contributed by atoms with Gasteiger partial charge in [-0.2, -0.15) is 0 Å². The Labute approximate surface area is 132 Å². The summed E-state index contributed by atoms with van der Waals surface area (Å²) in [5, 5.41) is 10.6. The van der Waals surface area contributed by atoms with Crippen molar-refractivity contribution in [3.8, 4) is 0 Å². The molecule has 112 valence electrons. The Kier molecular flexibility index (Phi) is 2.91. The zero-order valence-electron chi connectivity index (χ0n) is 11.4. The standard InChI is InChI=1S/C16H11BrO5/c17-10-6-12-13(7-3-1-2-4-11(7)21-12)8-5-9(15(18)19)16(20)22-14(8)10/h5-6H,1-4H2,(H,18,19). The van der Waals surface area contributed by atoms with Crippen LogP contribution in [0.1, 0.15) is 34.5 Å². The number of carbonyl (C=O) groups is 1. The maximum Gasteiger partial charge on any atom is 0.351 e. The molecular weight excluding hydrogens is 352 g/mol. The van der Waals surface area contributed by atoms with E-state index in [0.717, 1.165) is 42.4 Å². The second-order valence-electron chi connectivity index (χ2n) is 5.44. The molecule has 0 aliphatic heterocycles. The minimum atomic E-state index is -1.29. The van der Waals surface area contributed by atoms with Crippen LogP contribution in [-0.4, -0.2) is 11.1 Å². The van der Waals surface area contributed by atoms with Gasteiger partial charge >= 0.3 is 11.6 Å². The van der Waals surface area contributed by atoms with E-state index in [4.69, 9.17) is 13.9 Å². The van der Waals surface area contributed by atoms with Crippen molar-refractivity contribution >= 4 is 43.8 Å². The number of benzene rings is 1. The first kappa shape index (κ1) is 13.6. The van der Waals surface area contributed by atoms with Gasteiger partial charge in [0.15, 0.2) is 5.58 Å². The lowest BCUT2D eigenvalue weighted by atomic mass is 9.94. The van der Waals surface area contributed by atoms with Crippen LogP contribution in [0.2, 0.25) is 0 Å². The molecule has 1 aromatic carbocycles. The largest absolute Gasteiger partial charge is 0.477 e. The van der Waals surface area contributed by atoms with Crippen molar-refractivity contribution < 1.29 is 18.7 Å². The number of aromatic carboxylic acids is 1. The van der Waals surface area contributed by atoms with Crippen molar-refractivity contribution in [3.63, 3.8) is 0 Å². The molecule has 4 rings (SSSR count). The van der Waals surface area contributed by atoms with Crippen molar-refractivity contribution in [1.82, 2.24) is 0 Å². The first-order valence-electron chi connectivity index (χ1n) is 7.00. The third kappa shape index (κ3) is 1.83. The lowest BCUT2D eigenvalue weighted by Gasteiger charge is -2.09. The SMILES string of the molecule is O=C(O)c1cc2c(oc1=O)c(Br)cc1oc3c(c12)CCCC3. The van der Waals surface area contributed by atoms with Gasteiger partial charge in [0.05, 0.1) is 4.47 Å². The quantitative estimate of drug-likeness (QED) is 0.664. The molecule has 0 unspecified atom stereocenters. The predicted octanol–water partition coefficient (Wildman–Crippen LogP) is 3.88. The highest BCUT2D eigenvalue weighted by Crippen LogP contribution is 2.39. The van der Waals surface area contributed by atoms with Crippen LogP contribution in [0.4, 0.5) is 0 Å². The monoisotopic (exact) mass is 362 g/mol. The molecule has 6 heteroatoms. The molecular formula is C16H11BrO5. The first-order chi connectivity index (χ1) is 10.6. The predicted molar refractivity (Wildman–Crippen MR) is 83.6 cm³/mol. The molecule has 1 N–H and O–H groups in total. The first-order valence-corrected chi connectivity index (χ1v) is 7.79. The van der Waals surface area contributed by atoms with E-state index in [9.17, 15) is 9.59 Å². The van der Waals surface area contributed by atoms with E-state index in [-0.39, 0.29) is 5.56 Å². The van der Waals surface area contributed by atoms with Crippen molar-refractivity contribution in [1.29, 1.82) is 0 Å². The van der Waals surface area contributed by atoms with E-state index >= 15 is 0 Å². The zero-order chi connectivity index (χ0) is 15.4. The Morgan fingerprint density at radius 2 is 1.95 bits per heavy atom. The number of furan rings is 1. The van der Waals surface area contributed by atoms with Crippen molar-refractivity contribution in [2.45, 2.75) is 25.7 Å². The van der Waals surface area contributed by atoms with Crippen molar-refractivity contribution in [3.05, 3.63) is 43.9 Å². The third-order valence-electron chi connectivity index (χ3n) is 4.12. The molecule has 5 nitrogen and oxygen atoms in total. The summed E-state index contributed by atoms with van der Waals surface area (Å²) in [6, 6.07) is 3.17. The van der Waals surface area contributed by atoms with E-state index in [2.05, 4.69) is 15.9 Å². The van der Waals surface area contributed by atoms with Crippen molar-refractivity contribution in [2.24, 2.45) is 0 Å². The number of hydrogen-bond donors (Lipinski definition) is 1. The number of aryl methyl sites for hydroxylation is 2. The second-order valence-corrected chi connectivity index (χ2v) is 6.29. The molecule has 0 bridgehead atoms. The normalized spacial score (nSPS) is 14.4. The summed E-state index contributed by atoms with van der Waals surface area (Å²) in [6.45, 7) is 0. The van der Waals surface area contributed by atoms with E-state index in [0.29, 0.717) is 21.0 Å². The number of carboxylic acid groups (broad SMARTS) is 1. The van der Waals surface area contributed by atoms with Gasteiger partial charge in [-0.25, -0.2) is 9.59 Å². The molecule has 0 saturated heterocycles. The Balaban J connectivity index is 2.21. The molecule has 0 fully saturated rings. The number of hydrogen-bond acceptors (Lipinski definition) is 4. The van der Waals surface area contributed by atoms with Gasteiger partial charge < -0.3 is 13.9 Å². The van der Waals surface area contributed by atoms with Gasteiger partial charge in [-0.1, -0.05) is 0 Å². The van der Waals surface area contributed by atoms with E-state index in [1.165, 1.54) is 6.07 Å². The van der Waals surface area contributed by atoms with E-state index in [1.54, 1.807) is 6.07 Å². The summed E-state index contributed by atoms with van der Waals surface area (Å²) in [5.41, 5.74) is 0.937. The van der Waals surface area contributed by atoms with Gasteiger partial charge in [-0.15, -0.1) is 0 Å². The lowest BCUT2D eigenvalue weighted by Crippen LogP contribution is -2.13. The fourth-order valence-electron chi connectivity index (χ4n) is 3.15. The molecule has 1 aliphatic rings. The van der Waals surface area contributed by atoms with Gasteiger partial charge in [0.2, 0.25) is 0 Å². The molecule has 2 aromatic heterocycles. The molecule has 3 aromatic rings. The summed E-state index contributed by atoms with van der Waals surface area (Å²) in [4.78, 5) is 23.0. The summed E-state index contributed by atoms with van der Waals surface area (Å²) in [7, 11) is 0. The topological polar surface area (TPSA) is 80.6 Å². The van der Waals surface area contributed by atoms with Crippen LogP contribution in [0.3, 0.4) is 0 Å². The maximum atomic E-state index is 11.8. The van der Waals surface area contributed by atoms with Crippen LogP contribution in [0.15, 0.2) is 30.2 Å². The van der Waals surface area contributed by atoms with Crippen LogP contribution >= 0.6 is 15.9 Å². The highest BCUT2D eigenvalue weighted by Gasteiger charge is 2.23. The summed E-state index contributed by atoms with van der Waals surface area (Å²) < 4.78 is 11.7.